The predicted octanol–water partition coefficient (Wildman–Crippen LogP) is 7.57. The molecule has 0 N–H and O–H groups in total. The Kier molecular flexibility index (Phi) is 18.5. The minimum atomic E-state index is -0.191. The summed E-state index contributed by atoms with van der Waals surface area (Å²) < 4.78 is 0. The van der Waals surface area contributed by atoms with Crippen LogP contribution in [0.5, 0.6) is 0 Å². The van der Waals surface area contributed by atoms with Gasteiger partial charge < -0.3 is 0 Å². The van der Waals surface area contributed by atoms with E-state index in [1.54, 1.807) is 0 Å². The minimum Gasteiger partial charge on any atom is -0.281 e. The lowest BCUT2D eigenvalue weighted by atomic mass is 10.1. The van der Waals surface area contributed by atoms with E-state index in [-0.39, 0.29) is 5.24 Å². The van der Waals surface area contributed by atoms with Crippen molar-refractivity contribution in [2.75, 3.05) is 0 Å². The fourth-order valence-corrected chi connectivity index (χ4v) is 2.82. The third kappa shape index (κ3) is 19.7. The van der Waals surface area contributed by atoms with Gasteiger partial charge in [0.05, 0.1) is 0 Å². The molecule has 0 aromatic heterocycles. The Balaban J connectivity index is 3.07. The Morgan fingerprint density at radius 2 is 1.09 bits per heavy atom. The fraction of sp³-hybridized carbons (Fsp3) is 0.850. The van der Waals surface area contributed by atoms with Crippen LogP contribution < -0.4 is 0 Å². The minimum absolute atomic E-state index is 0.191. The van der Waals surface area contributed by atoms with E-state index in [2.05, 4.69) is 19.1 Å². The van der Waals surface area contributed by atoms with Gasteiger partial charge >= 0.3 is 0 Å². The number of carbonyl (C=O) groups is 1. The van der Waals surface area contributed by atoms with Gasteiger partial charge in [-0.1, -0.05) is 83.3 Å². The molecule has 0 radical (unpaired) electrons. The van der Waals surface area contributed by atoms with Gasteiger partial charge in [0.2, 0.25) is 5.24 Å². The molecule has 0 heterocycles. The van der Waals surface area contributed by atoms with Crippen molar-refractivity contribution >= 4 is 16.8 Å². The lowest BCUT2D eigenvalue weighted by Gasteiger charge is -2.00. The van der Waals surface area contributed by atoms with Crippen LogP contribution in [0.25, 0.3) is 0 Å². The third-order valence-electron chi connectivity index (χ3n) is 4.14. The normalized spacial score (nSPS) is 11.4. The molecule has 0 aliphatic carbocycles. The molecule has 1 nitrogen and oxygen atoms in total. The van der Waals surface area contributed by atoms with E-state index in [9.17, 15) is 4.79 Å². The van der Waals surface area contributed by atoms with Crippen molar-refractivity contribution in [3.05, 3.63) is 12.2 Å². The first-order chi connectivity index (χ1) is 10.8. The van der Waals surface area contributed by atoms with E-state index in [0.717, 1.165) is 12.8 Å². The van der Waals surface area contributed by atoms with Crippen molar-refractivity contribution in [2.24, 2.45) is 0 Å². The largest absolute Gasteiger partial charge is 0.281 e. The summed E-state index contributed by atoms with van der Waals surface area (Å²) in [6, 6.07) is 0. The Morgan fingerprint density at radius 3 is 1.55 bits per heavy atom. The average Bonchev–Trinajstić information content (AvgIpc) is 2.50. The Morgan fingerprint density at radius 1 is 0.682 bits per heavy atom. The first-order valence-electron chi connectivity index (χ1n) is 9.60. The summed E-state index contributed by atoms with van der Waals surface area (Å²) in [6.45, 7) is 2.27. The quantitative estimate of drug-likeness (QED) is 0.153. The average molecular weight is 329 g/mol. The summed E-state index contributed by atoms with van der Waals surface area (Å²) in [7, 11) is 0. The number of hydrogen-bond donors (Lipinski definition) is 0. The SMILES string of the molecule is CCCCCCCCCC/C=C/CCCCCCCC(=O)Cl. The van der Waals surface area contributed by atoms with Crippen molar-refractivity contribution in [3.8, 4) is 0 Å². The smallest absolute Gasteiger partial charge is 0.221 e. The van der Waals surface area contributed by atoms with Crippen LogP contribution in [0.1, 0.15) is 110 Å². The molecule has 0 aliphatic heterocycles. The molecule has 0 saturated carbocycles. The van der Waals surface area contributed by atoms with Crippen molar-refractivity contribution in [2.45, 2.75) is 110 Å². The molecule has 22 heavy (non-hydrogen) atoms. The molecule has 0 spiro atoms. The molecular weight excluding hydrogens is 292 g/mol. The molecule has 0 aliphatic rings. The maximum atomic E-state index is 10.6. The summed E-state index contributed by atoms with van der Waals surface area (Å²) in [5.41, 5.74) is 0. The molecular formula is C20H37ClO. The van der Waals surface area contributed by atoms with Crippen LogP contribution in [0.3, 0.4) is 0 Å². The zero-order chi connectivity index (χ0) is 16.3. The van der Waals surface area contributed by atoms with Gasteiger partial charge in [-0.25, -0.2) is 0 Å². The molecule has 0 saturated heterocycles. The summed E-state index contributed by atoms with van der Waals surface area (Å²) in [4.78, 5) is 10.6. The summed E-state index contributed by atoms with van der Waals surface area (Å²) in [5, 5.41) is -0.191. The van der Waals surface area contributed by atoms with Crippen molar-refractivity contribution in [3.63, 3.8) is 0 Å². The van der Waals surface area contributed by atoms with E-state index in [0.29, 0.717) is 6.42 Å². The van der Waals surface area contributed by atoms with Crippen LogP contribution in [0, 0.1) is 0 Å². The second kappa shape index (κ2) is 18.7. The first kappa shape index (κ1) is 21.7. The van der Waals surface area contributed by atoms with Gasteiger partial charge in [-0.05, 0) is 43.7 Å². The molecule has 0 amide bonds. The summed E-state index contributed by atoms with van der Waals surface area (Å²) in [5.74, 6) is 0. The van der Waals surface area contributed by atoms with Crippen LogP contribution in [-0.2, 0) is 4.79 Å². The Bertz CT molecular complexity index is 260. The second-order valence-electron chi connectivity index (χ2n) is 6.40. The van der Waals surface area contributed by atoms with Gasteiger partial charge in [0.15, 0.2) is 0 Å². The molecule has 2 heteroatoms. The molecule has 130 valence electrons. The van der Waals surface area contributed by atoms with E-state index < -0.39 is 0 Å². The predicted molar refractivity (Wildman–Crippen MR) is 99.5 cm³/mol. The van der Waals surface area contributed by atoms with Gasteiger partial charge in [0.25, 0.3) is 0 Å². The Hall–Kier alpha value is -0.300. The highest BCUT2D eigenvalue weighted by molar-refractivity contribution is 6.63. The molecule has 0 bridgehead atoms. The highest BCUT2D eigenvalue weighted by atomic mass is 35.5. The second-order valence-corrected chi connectivity index (χ2v) is 6.82. The molecule has 0 atom stereocenters. The topological polar surface area (TPSA) is 17.1 Å². The number of hydrogen-bond acceptors (Lipinski definition) is 1. The number of halogens is 1. The third-order valence-corrected chi connectivity index (χ3v) is 4.32. The van der Waals surface area contributed by atoms with Gasteiger partial charge in [-0.2, -0.15) is 0 Å². The van der Waals surface area contributed by atoms with Gasteiger partial charge in [0, 0.05) is 6.42 Å². The van der Waals surface area contributed by atoms with Gasteiger partial charge in [0.1, 0.15) is 0 Å². The van der Waals surface area contributed by atoms with Crippen molar-refractivity contribution in [1.82, 2.24) is 0 Å². The molecule has 0 aromatic carbocycles. The van der Waals surface area contributed by atoms with E-state index in [1.807, 2.05) is 0 Å². The lowest BCUT2D eigenvalue weighted by molar-refractivity contribution is -0.111. The van der Waals surface area contributed by atoms with Gasteiger partial charge in [-0.15, -0.1) is 0 Å². The highest BCUT2D eigenvalue weighted by Crippen LogP contribution is 2.11. The molecule has 0 fully saturated rings. The van der Waals surface area contributed by atoms with E-state index in [4.69, 9.17) is 11.6 Å². The van der Waals surface area contributed by atoms with Crippen LogP contribution in [0.2, 0.25) is 0 Å². The number of rotatable bonds is 17. The maximum absolute atomic E-state index is 10.6. The zero-order valence-electron chi connectivity index (χ0n) is 14.8. The summed E-state index contributed by atoms with van der Waals surface area (Å²) in [6.07, 6.45) is 24.8. The molecule has 0 aromatic rings. The standard InChI is InChI=1S/C20H37ClO/c1-2-3-4-5-6-7-8-9-10-11-12-13-14-15-16-17-18-19-20(21)22/h11-12H,2-10,13-19H2,1H3/b12-11+. The lowest BCUT2D eigenvalue weighted by Crippen LogP contribution is -1.86. The zero-order valence-corrected chi connectivity index (χ0v) is 15.5. The van der Waals surface area contributed by atoms with E-state index in [1.165, 1.54) is 83.5 Å². The number of unbranched alkanes of at least 4 members (excludes halogenated alkanes) is 13. The van der Waals surface area contributed by atoms with Crippen LogP contribution >= 0.6 is 11.6 Å². The first-order valence-corrected chi connectivity index (χ1v) is 9.98. The van der Waals surface area contributed by atoms with Crippen molar-refractivity contribution in [1.29, 1.82) is 0 Å². The molecule has 0 rings (SSSR count). The monoisotopic (exact) mass is 328 g/mol. The van der Waals surface area contributed by atoms with Gasteiger partial charge in [-0.3, -0.25) is 4.79 Å². The van der Waals surface area contributed by atoms with E-state index >= 15 is 0 Å². The van der Waals surface area contributed by atoms with Crippen molar-refractivity contribution < 1.29 is 4.79 Å². The summed E-state index contributed by atoms with van der Waals surface area (Å²) >= 11 is 5.30. The van der Waals surface area contributed by atoms with Crippen LogP contribution in [0.4, 0.5) is 0 Å². The number of allylic oxidation sites excluding steroid dienone is 2. The highest BCUT2D eigenvalue weighted by Gasteiger charge is 1.95. The molecule has 0 unspecified atom stereocenters. The maximum Gasteiger partial charge on any atom is 0.221 e. The Labute approximate surface area is 143 Å². The fourth-order valence-electron chi connectivity index (χ4n) is 2.69. The van der Waals surface area contributed by atoms with Crippen LogP contribution in [-0.4, -0.2) is 5.24 Å². The van der Waals surface area contributed by atoms with Crippen LogP contribution in [0.15, 0.2) is 12.2 Å². The number of carbonyl (C=O) groups excluding carboxylic acids is 1.